The molecule has 0 saturated carbocycles. The number of sulfone groups is 1. The molecule has 3 aromatic heterocycles. The zero-order valence-electron chi connectivity index (χ0n) is 15.9. The van der Waals surface area contributed by atoms with Crippen LogP contribution in [0.4, 0.5) is 13.2 Å². The van der Waals surface area contributed by atoms with Gasteiger partial charge < -0.3 is 9.15 Å². The molecule has 30 heavy (non-hydrogen) atoms. The van der Waals surface area contributed by atoms with Crippen molar-refractivity contribution in [1.82, 2.24) is 20.2 Å². The molecular formula is C17H15F3N4O4S2. The first-order chi connectivity index (χ1) is 13.9. The zero-order valence-corrected chi connectivity index (χ0v) is 17.6. The van der Waals surface area contributed by atoms with Crippen molar-refractivity contribution < 1.29 is 30.7 Å². The average molecular weight is 460 g/mol. The number of hydrogen-bond donors (Lipinski definition) is 0. The Bertz CT molecular complexity index is 1260. The van der Waals surface area contributed by atoms with Crippen LogP contribution in [-0.4, -0.2) is 45.4 Å². The number of halogens is 3. The minimum atomic E-state index is -4.54. The summed E-state index contributed by atoms with van der Waals surface area (Å²) in [6, 6.07) is 2.46. The number of ether oxygens (including phenoxy) is 1. The van der Waals surface area contributed by atoms with Crippen molar-refractivity contribution in [2.24, 2.45) is 0 Å². The summed E-state index contributed by atoms with van der Waals surface area (Å²) in [4.78, 5) is 8.41. The van der Waals surface area contributed by atoms with Crippen LogP contribution >= 0.6 is 11.8 Å². The number of thioether (sulfide) groups is 1. The Kier molecular flexibility index (Phi) is 4.73. The van der Waals surface area contributed by atoms with Gasteiger partial charge in [0, 0.05) is 30.3 Å². The molecule has 0 atom stereocenters. The molecule has 160 valence electrons. The van der Waals surface area contributed by atoms with E-state index in [1.807, 2.05) is 13.8 Å². The van der Waals surface area contributed by atoms with Crippen LogP contribution in [-0.2, 0) is 16.3 Å². The van der Waals surface area contributed by atoms with Gasteiger partial charge in [-0.05, 0) is 13.8 Å². The van der Waals surface area contributed by atoms with Gasteiger partial charge in [-0.15, -0.1) is 10.2 Å². The Hall–Kier alpha value is -2.41. The normalized spacial score (nSPS) is 15.9. The average Bonchev–Trinajstić information content (AvgIpc) is 3.17. The SMILES string of the molecule is CCS(=O)(=O)c1cc2c(nc1-c1nc3cc(SC(F)(F)F)nnc3o1)CC(C)(C)O2. The van der Waals surface area contributed by atoms with Crippen LogP contribution in [0.3, 0.4) is 0 Å². The predicted molar refractivity (Wildman–Crippen MR) is 101 cm³/mol. The number of aromatic nitrogens is 4. The number of pyridine rings is 1. The van der Waals surface area contributed by atoms with E-state index in [9.17, 15) is 21.6 Å². The van der Waals surface area contributed by atoms with Crippen molar-refractivity contribution in [2.45, 2.75) is 48.2 Å². The van der Waals surface area contributed by atoms with Gasteiger partial charge in [0.15, 0.2) is 9.84 Å². The molecule has 8 nitrogen and oxygen atoms in total. The maximum atomic E-state index is 12.7. The maximum absolute atomic E-state index is 12.7. The van der Waals surface area contributed by atoms with E-state index in [-0.39, 0.29) is 33.5 Å². The van der Waals surface area contributed by atoms with Crippen molar-refractivity contribution in [3.8, 4) is 17.3 Å². The lowest BCUT2D eigenvalue weighted by Gasteiger charge is -2.16. The largest absolute Gasteiger partial charge is 0.485 e. The van der Waals surface area contributed by atoms with Gasteiger partial charge in [-0.1, -0.05) is 6.92 Å². The first-order valence-electron chi connectivity index (χ1n) is 8.73. The molecule has 0 spiro atoms. The van der Waals surface area contributed by atoms with E-state index in [4.69, 9.17) is 9.15 Å². The molecule has 4 rings (SSSR count). The summed E-state index contributed by atoms with van der Waals surface area (Å²) >= 11 is -0.436. The molecule has 0 unspecified atom stereocenters. The molecule has 0 bridgehead atoms. The molecule has 0 aromatic carbocycles. The van der Waals surface area contributed by atoms with Crippen molar-refractivity contribution in [2.75, 3.05) is 5.75 Å². The summed E-state index contributed by atoms with van der Waals surface area (Å²) < 4.78 is 74.3. The molecule has 0 radical (unpaired) electrons. The Morgan fingerprint density at radius 1 is 1.20 bits per heavy atom. The Balaban J connectivity index is 1.86. The number of alkyl halides is 3. The monoisotopic (exact) mass is 460 g/mol. The molecule has 0 fully saturated rings. The van der Waals surface area contributed by atoms with Crippen molar-refractivity contribution in [3.05, 3.63) is 17.8 Å². The summed E-state index contributed by atoms with van der Waals surface area (Å²) in [7, 11) is -3.74. The van der Waals surface area contributed by atoms with Gasteiger partial charge in [0.2, 0.25) is 5.89 Å². The van der Waals surface area contributed by atoms with Crippen LogP contribution in [0.25, 0.3) is 22.8 Å². The highest BCUT2D eigenvalue weighted by molar-refractivity contribution is 8.00. The van der Waals surface area contributed by atoms with Gasteiger partial charge in [0.1, 0.15) is 32.5 Å². The van der Waals surface area contributed by atoms with Crippen molar-refractivity contribution in [1.29, 1.82) is 0 Å². The predicted octanol–water partition coefficient (Wildman–Crippen LogP) is 3.80. The van der Waals surface area contributed by atoms with Crippen LogP contribution in [0.15, 0.2) is 26.5 Å². The second kappa shape index (κ2) is 6.80. The molecule has 0 saturated heterocycles. The first-order valence-corrected chi connectivity index (χ1v) is 11.2. The second-order valence-electron chi connectivity index (χ2n) is 7.16. The standard InChI is InChI=1S/C17H15F3N4O4S2/c1-4-30(25,26)11-6-10-9(7-16(2,3)28-10)21-13(11)15-22-8-5-12(29-17(18,19)20)23-24-14(8)27-15/h5-6H,4,7H2,1-3H3. The highest BCUT2D eigenvalue weighted by Crippen LogP contribution is 2.40. The lowest BCUT2D eigenvalue weighted by atomic mass is 10.1. The van der Waals surface area contributed by atoms with Gasteiger partial charge in [0.05, 0.1) is 11.4 Å². The van der Waals surface area contributed by atoms with Gasteiger partial charge >= 0.3 is 5.51 Å². The Morgan fingerprint density at radius 2 is 1.93 bits per heavy atom. The van der Waals surface area contributed by atoms with E-state index in [1.54, 1.807) is 0 Å². The zero-order chi connectivity index (χ0) is 21.9. The van der Waals surface area contributed by atoms with Gasteiger partial charge in [0.25, 0.3) is 5.71 Å². The molecule has 4 heterocycles. The summed E-state index contributed by atoms with van der Waals surface area (Å²) in [6.45, 7) is 5.17. The number of fused-ring (bicyclic) bond motifs is 2. The van der Waals surface area contributed by atoms with Crippen LogP contribution in [0, 0.1) is 0 Å². The Labute approximate surface area is 173 Å². The molecule has 1 aliphatic heterocycles. The van der Waals surface area contributed by atoms with E-state index in [1.165, 1.54) is 13.0 Å². The molecule has 0 amide bonds. The summed E-state index contributed by atoms with van der Waals surface area (Å²) in [5.74, 6) is -0.0143. The topological polar surface area (TPSA) is 108 Å². The summed E-state index contributed by atoms with van der Waals surface area (Å²) in [5.41, 5.74) is -4.73. The number of oxazole rings is 1. The molecule has 3 aromatic rings. The van der Waals surface area contributed by atoms with E-state index in [2.05, 4.69) is 20.2 Å². The van der Waals surface area contributed by atoms with Crippen molar-refractivity contribution in [3.63, 3.8) is 0 Å². The molecule has 0 N–H and O–H groups in total. The molecule has 13 heteroatoms. The smallest absolute Gasteiger partial charge is 0.447 e. The third-order valence-corrected chi connectivity index (χ3v) is 6.66. The first kappa shape index (κ1) is 20.8. The number of nitrogens with zero attached hydrogens (tertiary/aromatic N) is 4. The molecule has 1 aliphatic rings. The third-order valence-electron chi connectivity index (χ3n) is 4.28. The fraction of sp³-hybridized carbons (Fsp3) is 0.412. The van der Waals surface area contributed by atoms with Gasteiger partial charge in [-0.2, -0.15) is 13.2 Å². The molecular weight excluding hydrogens is 445 g/mol. The van der Waals surface area contributed by atoms with Crippen LogP contribution in [0.1, 0.15) is 26.5 Å². The van der Waals surface area contributed by atoms with E-state index in [0.717, 1.165) is 6.07 Å². The Morgan fingerprint density at radius 3 is 2.60 bits per heavy atom. The second-order valence-corrected chi connectivity index (χ2v) is 10.5. The lowest BCUT2D eigenvalue weighted by molar-refractivity contribution is -0.0329. The fourth-order valence-corrected chi connectivity index (χ4v) is 4.53. The highest BCUT2D eigenvalue weighted by atomic mass is 32.2. The lowest BCUT2D eigenvalue weighted by Crippen LogP contribution is -2.24. The quantitative estimate of drug-likeness (QED) is 0.537. The van der Waals surface area contributed by atoms with E-state index < -0.39 is 37.7 Å². The minimum Gasteiger partial charge on any atom is -0.485 e. The van der Waals surface area contributed by atoms with Gasteiger partial charge in [-0.25, -0.2) is 18.4 Å². The third kappa shape index (κ3) is 3.95. The number of rotatable bonds is 4. The van der Waals surface area contributed by atoms with E-state index >= 15 is 0 Å². The van der Waals surface area contributed by atoms with Gasteiger partial charge in [-0.3, -0.25) is 0 Å². The van der Waals surface area contributed by atoms with E-state index in [0.29, 0.717) is 17.9 Å². The molecule has 0 aliphatic carbocycles. The van der Waals surface area contributed by atoms with Crippen LogP contribution in [0.2, 0.25) is 0 Å². The highest BCUT2D eigenvalue weighted by Gasteiger charge is 2.35. The summed E-state index contributed by atoms with van der Waals surface area (Å²) in [5, 5.41) is 6.67. The summed E-state index contributed by atoms with van der Waals surface area (Å²) in [6.07, 6.45) is 0.439. The number of hydrogen-bond acceptors (Lipinski definition) is 9. The fourth-order valence-electron chi connectivity index (χ4n) is 3.01. The minimum absolute atomic E-state index is 0.00507. The van der Waals surface area contributed by atoms with Crippen LogP contribution in [0.5, 0.6) is 5.75 Å². The maximum Gasteiger partial charge on any atom is 0.447 e. The van der Waals surface area contributed by atoms with Crippen molar-refractivity contribution >= 4 is 32.8 Å². The van der Waals surface area contributed by atoms with Crippen LogP contribution < -0.4 is 4.74 Å².